The fourth-order valence-electron chi connectivity index (χ4n) is 1.96. The van der Waals surface area contributed by atoms with Crippen LogP contribution in [-0.4, -0.2) is 31.2 Å². The van der Waals surface area contributed by atoms with Crippen molar-refractivity contribution in [2.45, 2.75) is 51.3 Å². The van der Waals surface area contributed by atoms with Gasteiger partial charge in [0.15, 0.2) is 5.69 Å². The molecular formula is C13H23N3O4S. The summed E-state index contributed by atoms with van der Waals surface area (Å²) in [7, 11) is -4.03. The third-order valence-electron chi connectivity index (χ3n) is 2.93. The van der Waals surface area contributed by atoms with Gasteiger partial charge in [0.2, 0.25) is 10.0 Å². The van der Waals surface area contributed by atoms with Crippen LogP contribution in [-0.2, 0) is 21.2 Å². The number of esters is 1. The van der Waals surface area contributed by atoms with Crippen molar-refractivity contribution in [1.82, 2.24) is 10.2 Å². The summed E-state index contributed by atoms with van der Waals surface area (Å²) in [4.78, 5) is 11.7. The van der Waals surface area contributed by atoms with Crippen molar-refractivity contribution < 1.29 is 17.9 Å². The van der Waals surface area contributed by atoms with Gasteiger partial charge in [-0.1, -0.05) is 27.2 Å². The minimum atomic E-state index is -4.03. The number of aromatic nitrogens is 2. The van der Waals surface area contributed by atoms with Crippen LogP contribution in [0.25, 0.3) is 0 Å². The number of H-pyrrole nitrogens is 1. The van der Waals surface area contributed by atoms with Gasteiger partial charge in [-0.15, -0.1) is 0 Å². The molecule has 3 N–H and O–H groups in total. The Kier molecular flexibility index (Phi) is 6.35. The number of rotatable bonds is 8. The van der Waals surface area contributed by atoms with Crippen molar-refractivity contribution in [1.29, 1.82) is 0 Å². The van der Waals surface area contributed by atoms with E-state index in [0.717, 1.165) is 12.8 Å². The zero-order valence-corrected chi connectivity index (χ0v) is 13.5. The number of aryl methyl sites for hydroxylation is 1. The molecule has 1 aromatic rings. The van der Waals surface area contributed by atoms with E-state index in [2.05, 4.69) is 24.0 Å². The number of carbonyl (C=O) groups excluding carboxylic acids is 1. The van der Waals surface area contributed by atoms with E-state index in [-0.39, 0.29) is 17.2 Å². The first-order chi connectivity index (χ1) is 9.77. The fourth-order valence-corrected chi connectivity index (χ4v) is 2.85. The van der Waals surface area contributed by atoms with Gasteiger partial charge < -0.3 is 4.74 Å². The molecule has 7 nitrogen and oxygen atoms in total. The molecule has 0 aliphatic rings. The van der Waals surface area contributed by atoms with Crippen LogP contribution in [0.1, 0.15) is 56.2 Å². The average molecular weight is 317 g/mol. The van der Waals surface area contributed by atoms with Gasteiger partial charge in [0, 0.05) is 0 Å². The maximum absolute atomic E-state index is 11.9. The molecule has 0 atom stereocenters. The van der Waals surface area contributed by atoms with Crippen molar-refractivity contribution in [3.63, 3.8) is 0 Å². The van der Waals surface area contributed by atoms with Gasteiger partial charge in [-0.2, -0.15) is 5.10 Å². The predicted octanol–water partition coefficient (Wildman–Crippen LogP) is 1.60. The summed E-state index contributed by atoms with van der Waals surface area (Å²) in [5.74, 6) is -0.244. The molecule has 1 rings (SSSR count). The standard InChI is InChI=1S/C13H23N3O4S/c1-4-6-10-12(21(14,18)19)11(16-15-10)13(17)20-8-5-7-9(2)3/h9H,4-8H2,1-3H3,(H,15,16)(H2,14,18,19). The molecule has 1 aromatic heterocycles. The molecular weight excluding hydrogens is 294 g/mol. The van der Waals surface area contributed by atoms with Gasteiger partial charge in [0.1, 0.15) is 4.90 Å². The van der Waals surface area contributed by atoms with Crippen LogP contribution in [0.15, 0.2) is 4.90 Å². The quantitative estimate of drug-likeness (QED) is 0.558. The summed E-state index contributed by atoms with van der Waals surface area (Å²) in [6, 6.07) is 0. The van der Waals surface area contributed by atoms with Gasteiger partial charge >= 0.3 is 5.97 Å². The predicted molar refractivity (Wildman–Crippen MR) is 78.3 cm³/mol. The topological polar surface area (TPSA) is 115 Å². The maximum Gasteiger partial charge on any atom is 0.360 e. The highest BCUT2D eigenvalue weighted by Crippen LogP contribution is 2.19. The molecule has 0 saturated heterocycles. The highest BCUT2D eigenvalue weighted by atomic mass is 32.2. The lowest BCUT2D eigenvalue weighted by Gasteiger charge is -2.06. The Bertz CT molecular complexity index is 578. The van der Waals surface area contributed by atoms with Gasteiger partial charge in [-0.3, -0.25) is 5.10 Å². The van der Waals surface area contributed by atoms with Gasteiger partial charge in [0.25, 0.3) is 0 Å². The molecule has 0 fully saturated rings. The van der Waals surface area contributed by atoms with Crippen LogP contribution in [0, 0.1) is 5.92 Å². The van der Waals surface area contributed by atoms with Crippen molar-refractivity contribution in [3.8, 4) is 0 Å². The van der Waals surface area contributed by atoms with E-state index < -0.39 is 16.0 Å². The summed E-state index contributed by atoms with van der Waals surface area (Å²) in [6.07, 6.45) is 2.80. The lowest BCUT2D eigenvalue weighted by molar-refractivity contribution is 0.0483. The molecule has 0 unspecified atom stereocenters. The molecule has 0 saturated carbocycles. The van der Waals surface area contributed by atoms with Crippen LogP contribution in [0.3, 0.4) is 0 Å². The van der Waals surface area contributed by atoms with E-state index in [4.69, 9.17) is 9.88 Å². The highest BCUT2D eigenvalue weighted by molar-refractivity contribution is 7.89. The van der Waals surface area contributed by atoms with Crippen LogP contribution in [0.2, 0.25) is 0 Å². The molecule has 0 bridgehead atoms. The lowest BCUT2D eigenvalue weighted by Crippen LogP contribution is -2.19. The largest absolute Gasteiger partial charge is 0.461 e. The second-order valence-electron chi connectivity index (χ2n) is 5.35. The molecule has 0 aromatic carbocycles. The first-order valence-corrected chi connectivity index (χ1v) is 8.59. The fraction of sp³-hybridized carbons (Fsp3) is 0.692. The summed E-state index contributed by atoms with van der Waals surface area (Å²) in [6.45, 7) is 6.27. The number of carbonyl (C=O) groups is 1. The van der Waals surface area contributed by atoms with Gasteiger partial charge in [-0.05, 0) is 25.2 Å². The number of hydrogen-bond acceptors (Lipinski definition) is 5. The van der Waals surface area contributed by atoms with Gasteiger partial charge in [-0.25, -0.2) is 18.4 Å². The van der Waals surface area contributed by atoms with E-state index in [1.54, 1.807) is 0 Å². The number of ether oxygens (including phenoxy) is 1. The lowest BCUT2D eigenvalue weighted by atomic mass is 10.1. The van der Waals surface area contributed by atoms with Crippen molar-refractivity contribution in [2.24, 2.45) is 11.1 Å². The van der Waals surface area contributed by atoms with Crippen LogP contribution < -0.4 is 5.14 Å². The Balaban J connectivity index is 2.85. The SMILES string of the molecule is CCCc1[nH]nc(C(=O)OCCCC(C)C)c1S(N)(=O)=O. The molecule has 0 amide bonds. The third-order valence-corrected chi connectivity index (χ3v) is 3.94. The van der Waals surface area contributed by atoms with E-state index in [1.807, 2.05) is 6.92 Å². The minimum Gasteiger partial charge on any atom is -0.461 e. The van der Waals surface area contributed by atoms with E-state index >= 15 is 0 Å². The first-order valence-electron chi connectivity index (χ1n) is 7.04. The van der Waals surface area contributed by atoms with Crippen molar-refractivity contribution in [2.75, 3.05) is 6.61 Å². The molecule has 21 heavy (non-hydrogen) atoms. The molecule has 0 spiro atoms. The Morgan fingerprint density at radius 2 is 2.10 bits per heavy atom. The van der Waals surface area contributed by atoms with Crippen molar-refractivity contribution >= 4 is 16.0 Å². The zero-order chi connectivity index (χ0) is 16.0. The molecule has 0 aliphatic carbocycles. The smallest absolute Gasteiger partial charge is 0.360 e. The number of hydrogen-bond donors (Lipinski definition) is 2. The van der Waals surface area contributed by atoms with E-state index in [9.17, 15) is 13.2 Å². The van der Waals surface area contributed by atoms with Crippen LogP contribution in [0.4, 0.5) is 0 Å². The Morgan fingerprint density at radius 3 is 2.62 bits per heavy atom. The number of primary sulfonamides is 1. The molecule has 1 heterocycles. The average Bonchev–Trinajstić information content (AvgIpc) is 2.78. The molecule has 8 heteroatoms. The number of nitrogens with one attached hydrogen (secondary N) is 1. The number of sulfonamides is 1. The minimum absolute atomic E-state index is 0.233. The van der Waals surface area contributed by atoms with Crippen LogP contribution >= 0.6 is 0 Å². The summed E-state index contributed by atoms with van der Waals surface area (Å²) >= 11 is 0. The normalized spacial score (nSPS) is 11.9. The van der Waals surface area contributed by atoms with Gasteiger partial charge in [0.05, 0.1) is 12.3 Å². The van der Waals surface area contributed by atoms with E-state index in [1.165, 1.54) is 0 Å². The summed E-state index contributed by atoms with van der Waals surface area (Å²) < 4.78 is 28.4. The second kappa shape index (κ2) is 7.56. The van der Waals surface area contributed by atoms with Crippen LogP contribution in [0.5, 0.6) is 0 Å². The Labute approximate surface area is 125 Å². The molecule has 120 valence electrons. The second-order valence-corrected chi connectivity index (χ2v) is 6.85. The Hall–Kier alpha value is -1.41. The monoisotopic (exact) mass is 317 g/mol. The highest BCUT2D eigenvalue weighted by Gasteiger charge is 2.28. The molecule has 0 aliphatic heterocycles. The maximum atomic E-state index is 11.9. The third kappa shape index (κ3) is 5.13. The Morgan fingerprint density at radius 1 is 1.43 bits per heavy atom. The summed E-state index contributed by atoms with van der Waals surface area (Å²) in [5.41, 5.74) is 0.0830. The summed E-state index contributed by atoms with van der Waals surface area (Å²) in [5, 5.41) is 11.5. The number of nitrogens with zero attached hydrogens (tertiary/aromatic N) is 1. The van der Waals surface area contributed by atoms with E-state index in [0.29, 0.717) is 24.5 Å². The van der Waals surface area contributed by atoms with Crippen molar-refractivity contribution in [3.05, 3.63) is 11.4 Å². The number of aromatic amines is 1. The number of nitrogens with two attached hydrogens (primary N) is 1. The molecule has 0 radical (unpaired) electrons. The first kappa shape index (κ1) is 17.6. The zero-order valence-electron chi connectivity index (χ0n) is 12.7.